The van der Waals surface area contributed by atoms with Crippen molar-refractivity contribution in [3.63, 3.8) is 0 Å². The van der Waals surface area contributed by atoms with Crippen LogP contribution in [0, 0.1) is 0 Å². The second kappa shape index (κ2) is 7.25. The minimum absolute atomic E-state index is 0.0521. The van der Waals surface area contributed by atoms with Crippen LogP contribution in [0.5, 0.6) is 0 Å². The number of amides is 1. The van der Waals surface area contributed by atoms with Crippen molar-refractivity contribution < 1.29 is 18.3 Å². The summed E-state index contributed by atoms with van der Waals surface area (Å²) < 4.78 is 26.1. The first kappa shape index (κ1) is 20.3. The molecule has 31 heavy (non-hydrogen) atoms. The van der Waals surface area contributed by atoms with Gasteiger partial charge in [0, 0.05) is 23.5 Å². The molecule has 2 heterocycles. The lowest BCUT2D eigenvalue weighted by Crippen LogP contribution is -2.44. The number of aliphatic hydroxyl groups is 1. The van der Waals surface area contributed by atoms with Crippen molar-refractivity contribution in [3.05, 3.63) is 36.0 Å². The second-order valence-corrected chi connectivity index (χ2v) is 10.4. The maximum Gasteiger partial charge on any atom is 0.240 e. The smallest absolute Gasteiger partial charge is 0.240 e. The SMILES string of the molecule is CNS(=O)(=O)c1ccc(Nc2ncc3c(n2)N(C2CCCC(O)C2)C(=O)C32CC2)cc1. The highest BCUT2D eigenvalue weighted by atomic mass is 32.2. The molecule has 2 aliphatic carbocycles. The topological polar surface area (TPSA) is 125 Å². The quantitative estimate of drug-likeness (QED) is 0.644. The lowest BCUT2D eigenvalue weighted by molar-refractivity contribution is -0.121. The Labute approximate surface area is 181 Å². The molecule has 0 radical (unpaired) electrons. The van der Waals surface area contributed by atoms with E-state index < -0.39 is 21.5 Å². The fraction of sp³-hybridized carbons (Fsp3) is 0.476. The number of rotatable bonds is 5. The van der Waals surface area contributed by atoms with E-state index in [1.165, 1.54) is 19.2 Å². The van der Waals surface area contributed by atoms with Gasteiger partial charge >= 0.3 is 0 Å². The van der Waals surface area contributed by atoms with Crippen molar-refractivity contribution in [2.24, 2.45) is 0 Å². The van der Waals surface area contributed by atoms with Gasteiger partial charge in [0.15, 0.2) is 0 Å². The fourth-order valence-electron chi connectivity index (χ4n) is 4.68. The number of hydrogen-bond acceptors (Lipinski definition) is 7. The average Bonchev–Trinajstić information content (AvgIpc) is 3.52. The van der Waals surface area contributed by atoms with Crippen LogP contribution in [0.15, 0.2) is 35.4 Å². The summed E-state index contributed by atoms with van der Waals surface area (Å²) in [5.74, 6) is 1.05. The molecule has 10 heteroatoms. The van der Waals surface area contributed by atoms with E-state index in [0.717, 1.165) is 37.7 Å². The number of nitrogens with one attached hydrogen (secondary N) is 2. The molecule has 2 fully saturated rings. The van der Waals surface area contributed by atoms with E-state index in [0.29, 0.717) is 23.9 Å². The van der Waals surface area contributed by atoms with Gasteiger partial charge in [-0.1, -0.05) is 0 Å². The van der Waals surface area contributed by atoms with Gasteiger partial charge in [0.25, 0.3) is 0 Å². The zero-order chi connectivity index (χ0) is 21.8. The Morgan fingerprint density at radius 3 is 2.58 bits per heavy atom. The highest BCUT2D eigenvalue weighted by Gasteiger charge is 2.61. The van der Waals surface area contributed by atoms with Crippen LogP contribution in [0.1, 0.15) is 44.1 Å². The number of hydrogen-bond donors (Lipinski definition) is 3. The molecule has 164 valence electrons. The highest BCUT2D eigenvalue weighted by molar-refractivity contribution is 7.89. The molecular weight excluding hydrogens is 418 g/mol. The van der Waals surface area contributed by atoms with Crippen LogP contribution in [-0.2, 0) is 20.2 Å². The molecule has 2 aromatic rings. The van der Waals surface area contributed by atoms with E-state index >= 15 is 0 Å². The Bertz CT molecular complexity index is 1130. The van der Waals surface area contributed by atoms with Crippen molar-refractivity contribution in [1.82, 2.24) is 14.7 Å². The van der Waals surface area contributed by atoms with E-state index in [-0.39, 0.29) is 16.8 Å². The monoisotopic (exact) mass is 443 g/mol. The molecule has 0 bridgehead atoms. The van der Waals surface area contributed by atoms with Crippen molar-refractivity contribution in [3.8, 4) is 0 Å². The number of anilines is 3. The Hall–Kier alpha value is -2.56. The Morgan fingerprint density at radius 2 is 1.94 bits per heavy atom. The number of benzene rings is 1. The number of carbonyl (C=O) groups is 1. The van der Waals surface area contributed by atoms with Gasteiger partial charge in [-0.15, -0.1) is 0 Å². The van der Waals surface area contributed by atoms with E-state index in [1.54, 1.807) is 23.2 Å². The van der Waals surface area contributed by atoms with Crippen molar-refractivity contribution in [2.75, 3.05) is 17.3 Å². The number of nitrogens with zero attached hydrogens (tertiary/aromatic N) is 3. The lowest BCUT2D eigenvalue weighted by atomic mass is 9.92. The first-order chi connectivity index (χ1) is 14.8. The average molecular weight is 444 g/mol. The molecule has 0 saturated heterocycles. The molecule has 2 saturated carbocycles. The summed E-state index contributed by atoms with van der Waals surface area (Å²) >= 11 is 0. The third-order valence-corrected chi connectivity index (χ3v) is 7.99. The molecule has 3 aliphatic rings. The zero-order valence-electron chi connectivity index (χ0n) is 17.2. The fourth-order valence-corrected chi connectivity index (χ4v) is 5.41. The molecule has 1 aromatic carbocycles. The summed E-state index contributed by atoms with van der Waals surface area (Å²) in [4.78, 5) is 24.3. The van der Waals surface area contributed by atoms with E-state index in [9.17, 15) is 18.3 Å². The summed E-state index contributed by atoms with van der Waals surface area (Å²) in [6.07, 6.45) is 6.03. The minimum atomic E-state index is -3.51. The summed E-state index contributed by atoms with van der Waals surface area (Å²) in [5.41, 5.74) is 1.03. The summed E-state index contributed by atoms with van der Waals surface area (Å²) in [5, 5.41) is 13.2. The molecule has 9 nitrogen and oxygen atoms in total. The molecule has 2 atom stereocenters. The van der Waals surface area contributed by atoms with Crippen LogP contribution in [-0.4, -0.2) is 48.6 Å². The first-order valence-corrected chi connectivity index (χ1v) is 12.0. The van der Waals surface area contributed by atoms with Crippen LogP contribution < -0.4 is 14.9 Å². The van der Waals surface area contributed by atoms with Gasteiger partial charge in [-0.05, 0) is 69.8 Å². The number of sulfonamides is 1. The van der Waals surface area contributed by atoms with Crippen molar-refractivity contribution >= 4 is 33.4 Å². The molecule has 2 unspecified atom stereocenters. The molecule has 3 N–H and O–H groups in total. The molecule has 1 aromatic heterocycles. The van der Waals surface area contributed by atoms with Gasteiger partial charge in [-0.25, -0.2) is 18.1 Å². The second-order valence-electron chi connectivity index (χ2n) is 8.52. The molecule has 5 rings (SSSR count). The summed E-state index contributed by atoms with van der Waals surface area (Å²) in [7, 11) is -2.14. The number of aromatic nitrogens is 2. The normalized spacial score (nSPS) is 24.3. The summed E-state index contributed by atoms with van der Waals surface area (Å²) in [6, 6.07) is 6.23. The molecule has 1 spiro atoms. The van der Waals surface area contributed by atoms with Crippen molar-refractivity contribution in [1.29, 1.82) is 0 Å². The Balaban J connectivity index is 1.44. The Kier molecular flexibility index (Phi) is 4.76. The van der Waals surface area contributed by atoms with E-state index in [2.05, 4.69) is 20.0 Å². The van der Waals surface area contributed by atoms with Crippen LogP contribution in [0.3, 0.4) is 0 Å². The van der Waals surface area contributed by atoms with Crippen LogP contribution in [0.2, 0.25) is 0 Å². The highest BCUT2D eigenvalue weighted by Crippen LogP contribution is 2.57. The van der Waals surface area contributed by atoms with Crippen LogP contribution in [0.4, 0.5) is 17.5 Å². The zero-order valence-corrected chi connectivity index (χ0v) is 18.0. The van der Waals surface area contributed by atoms with Crippen LogP contribution in [0.25, 0.3) is 0 Å². The third-order valence-electron chi connectivity index (χ3n) is 6.56. The molecule has 1 aliphatic heterocycles. The lowest BCUT2D eigenvalue weighted by Gasteiger charge is -2.33. The largest absolute Gasteiger partial charge is 0.393 e. The maximum atomic E-state index is 13.3. The standard InChI is InChI=1S/C21H25N5O4S/c1-22-31(29,30)16-7-5-13(6-8-16)24-20-23-12-17-18(25-20)26(19(28)21(17)9-10-21)14-3-2-4-15(27)11-14/h5-8,12,14-15,22,27H,2-4,9-11H2,1H3,(H,23,24,25). The predicted molar refractivity (Wildman–Crippen MR) is 115 cm³/mol. The maximum absolute atomic E-state index is 13.3. The van der Waals surface area contributed by atoms with Crippen LogP contribution >= 0.6 is 0 Å². The van der Waals surface area contributed by atoms with Gasteiger partial charge < -0.3 is 10.4 Å². The predicted octanol–water partition coefficient (Wildman–Crippen LogP) is 1.81. The Morgan fingerprint density at radius 1 is 1.19 bits per heavy atom. The molecule has 1 amide bonds. The van der Waals surface area contributed by atoms with Gasteiger partial charge in [0.1, 0.15) is 5.82 Å². The van der Waals surface area contributed by atoms with Gasteiger partial charge in [0.2, 0.25) is 21.9 Å². The van der Waals surface area contributed by atoms with Gasteiger partial charge in [-0.3, -0.25) is 9.69 Å². The third kappa shape index (κ3) is 3.38. The first-order valence-electron chi connectivity index (χ1n) is 10.5. The van der Waals surface area contributed by atoms with Crippen molar-refractivity contribution in [2.45, 2.75) is 61.0 Å². The van der Waals surface area contributed by atoms with Gasteiger partial charge in [0.05, 0.1) is 16.4 Å². The summed E-state index contributed by atoms with van der Waals surface area (Å²) in [6.45, 7) is 0. The van der Waals surface area contributed by atoms with E-state index in [4.69, 9.17) is 0 Å². The number of fused-ring (bicyclic) bond motifs is 2. The van der Waals surface area contributed by atoms with Gasteiger partial charge in [-0.2, -0.15) is 4.98 Å². The minimum Gasteiger partial charge on any atom is -0.393 e. The number of carbonyl (C=O) groups excluding carboxylic acids is 1. The molecular formula is C21H25N5O4S. The number of aliphatic hydroxyl groups excluding tert-OH is 1. The van der Waals surface area contributed by atoms with E-state index in [1.807, 2.05) is 0 Å².